The molecule has 4 nitrogen and oxygen atoms in total. The molecule has 0 aliphatic heterocycles. The van der Waals surface area contributed by atoms with Crippen LogP contribution >= 0.6 is 0 Å². The van der Waals surface area contributed by atoms with E-state index in [0.717, 1.165) is 6.20 Å². The number of carboxylic acids is 1. The number of halogens is 2. The van der Waals surface area contributed by atoms with Crippen LogP contribution in [0.25, 0.3) is 0 Å². The third-order valence-electron chi connectivity index (χ3n) is 1.38. The molecule has 14 heavy (non-hydrogen) atoms. The maximum Gasteiger partial charge on any atom is 0.341 e. The number of aromatic carboxylic acids is 1. The van der Waals surface area contributed by atoms with E-state index in [0.29, 0.717) is 0 Å². The molecule has 0 unspecified atom stereocenters. The monoisotopic (exact) mass is 203 g/mol. The van der Waals surface area contributed by atoms with Crippen LogP contribution in [0.1, 0.15) is 10.4 Å². The number of ether oxygens (including phenoxy) is 1. The zero-order valence-corrected chi connectivity index (χ0v) is 6.98. The van der Waals surface area contributed by atoms with Gasteiger partial charge in [-0.05, 0) is 6.07 Å². The molecular weight excluding hydrogens is 196 g/mol. The quantitative estimate of drug-likeness (QED) is 0.803. The van der Waals surface area contributed by atoms with Gasteiger partial charge >= 0.3 is 5.97 Å². The molecule has 0 aliphatic rings. The molecule has 76 valence electrons. The number of aromatic nitrogens is 1. The van der Waals surface area contributed by atoms with Gasteiger partial charge in [0.05, 0.1) is 0 Å². The second-order valence-corrected chi connectivity index (χ2v) is 2.38. The Labute approximate surface area is 78.1 Å². The summed E-state index contributed by atoms with van der Waals surface area (Å²) in [5.41, 5.74) is -0.229. The zero-order chi connectivity index (χ0) is 10.6. The molecule has 6 heteroatoms. The Bertz CT molecular complexity index is 330. The number of nitrogens with zero attached hydrogens (tertiary/aromatic N) is 1. The lowest BCUT2D eigenvalue weighted by Gasteiger charge is -2.07. The molecule has 0 aliphatic carbocycles. The van der Waals surface area contributed by atoms with Crippen LogP contribution in [0, 0.1) is 0 Å². The van der Waals surface area contributed by atoms with E-state index < -0.39 is 19.0 Å². The standard InChI is InChI=1S/C8H7F2NO3/c9-7(10)4-14-6-1-2-11-3-5(6)8(12)13/h1-3,7H,4H2,(H,12,13). The van der Waals surface area contributed by atoms with Crippen LogP contribution in [0.4, 0.5) is 8.78 Å². The molecule has 0 saturated heterocycles. The second-order valence-electron chi connectivity index (χ2n) is 2.38. The average Bonchev–Trinajstić information content (AvgIpc) is 2.15. The van der Waals surface area contributed by atoms with Crippen molar-refractivity contribution in [2.24, 2.45) is 0 Å². The van der Waals surface area contributed by atoms with Gasteiger partial charge in [-0.25, -0.2) is 13.6 Å². The Morgan fingerprint density at radius 3 is 2.93 bits per heavy atom. The van der Waals surface area contributed by atoms with Crippen LogP contribution in [0.3, 0.4) is 0 Å². The molecule has 0 aromatic carbocycles. The molecule has 0 amide bonds. The molecule has 0 fully saturated rings. The molecule has 0 spiro atoms. The summed E-state index contributed by atoms with van der Waals surface area (Å²) >= 11 is 0. The van der Waals surface area contributed by atoms with Crippen LogP contribution in [-0.2, 0) is 0 Å². The topological polar surface area (TPSA) is 59.4 Å². The molecule has 0 saturated carbocycles. The Hall–Kier alpha value is -1.72. The lowest BCUT2D eigenvalue weighted by Crippen LogP contribution is -2.10. The summed E-state index contributed by atoms with van der Waals surface area (Å²) in [5.74, 6) is -1.37. The molecule has 1 aromatic rings. The smallest absolute Gasteiger partial charge is 0.341 e. The summed E-state index contributed by atoms with van der Waals surface area (Å²) in [4.78, 5) is 14.1. The largest absolute Gasteiger partial charge is 0.487 e. The van der Waals surface area contributed by atoms with E-state index in [1.54, 1.807) is 0 Å². The van der Waals surface area contributed by atoms with Gasteiger partial charge in [-0.2, -0.15) is 0 Å². The number of pyridine rings is 1. The highest BCUT2D eigenvalue weighted by Crippen LogP contribution is 2.16. The Kier molecular flexibility index (Phi) is 3.33. The van der Waals surface area contributed by atoms with Crippen LogP contribution in [-0.4, -0.2) is 29.1 Å². The van der Waals surface area contributed by atoms with Gasteiger partial charge < -0.3 is 9.84 Å². The molecule has 1 heterocycles. The van der Waals surface area contributed by atoms with E-state index in [9.17, 15) is 13.6 Å². The fourth-order valence-electron chi connectivity index (χ4n) is 0.821. The number of hydrogen-bond donors (Lipinski definition) is 1. The summed E-state index contributed by atoms with van der Waals surface area (Å²) in [6.07, 6.45) is -0.319. The SMILES string of the molecule is O=C(O)c1cnccc1OCC(F)F. The average molecular weight is 203 g/mol. The van der Waals surface area contributed by atoms with Gasteiger partial charge in [0.15, 0.2) is 0 Å². The number of alkyl halides is 2. The fraction of sp³-hybridized carbons (Fsp3) is 0.250. The molecule has 1 aromatic heterocycles. The predicted octanol–water partition coefficient (Wildman–Crippen LogP) is 1.42. The van der Waals surface area contributed by atoms with Crippen molar-refractivity contribution in [2.45, 2.75) is 6.43 Å². The normalized spacial score (nSPS) is 10.2. The number of carboxylic acid groups (broad SMARTS) is 1. The van der Waals surface area contributed by atoms with Gasteiger partial charge in [-0.15, -0.1) is 0 Å². The van der Waals surface area contributed by atoms with E-state index in [1.165, 1.54) is 12.3 Å². The third-order valence-corrected chi connectivity index (χ3v) is 1.38. The fourth-order valence-corrected chi connectivity index (χ4v) is 0.821. The molecule has 1 rings (SSSR count). The minimum absolute atomic E-state index is 0.104. The van der Waals surface area contributed by atoms with E-state index in [1.807, 2.05) is 0 Å². The maximum absolute atomic E-state index is 11.8. The van der Waals surface area contributed by atoms with Crippen molar-refractivity contribution in [2.75, 3.05) is 6.61 Å². The summed E-state index contributed by atoms with van der Waals surface area (Å²) in [6.45, 7) is -0.829. The van der Waals surface area contributed by atoms with Gasteiger partial charge in [-0.3, -0.25) is 4.98 Å². The predicted molar refractivity (Wildman–Crippen MR) is 42.7 cm³/mol. The minimum Gasteiger partial charge on any atom is -0.487 e. The van der Waals surface area contributed by atoms with Crippen LogP contribution < -0.4 is 4.74 Å². The second kappa shape index (κ2) is 4.50. The molecule has 0 atom stereocenters. The van der Waals surface area contributed by atoms with Gasteiger partial charge in [0.1, 0.15) is 17.9 Å². The van der Waals surface area contributed by atoms with Crippen molar-refractivity contribution in [3.8, 4) is 5.75 Å². The first-order valence-electron chi connectivity index (χ1n) is 3.69. The van der Waals surface area contributed by atoms with Crippen LogP contribution in [0.5, 0.6) is 5.75 Å². The number of carbonyl (C=O) groups is 1. The van der Waals surface area contributed by atoms with Crippen molar-refractivity contribution in [1.82, 2.24) is 4.98 Å². The van der Waals surface area contributed by atoms with E-state index in [4.69, 9.17) is 5.11 Å². The van der Waals surface area contributed by atoms with E-state index in [-0.39, 0.29) is 11.3 Å². The van der Waals surface area contributed by atoms with Gasteiger partial charge in [0, 0.05) is 12.4 Å². The van der Waals surface area contributed by atoms with Crippen molar-refractivity contribution in [3.05, 3.63) is 24.0 Å². The lowest BCUT2D eigenvalue weighted by atomic mass is 10.2. The first-order valence-corrected chi connectivity index (χ1v) is 3.69. The van der Waals surface area contributed by atoms with Crippen LogP contribution in [0.15, 0.2) is 18.5 Å². The summed E-state index contributed by atoms with van der Waals surface area (Å²) in [6, 6.07) is 1.23. The van der Waals surface area contributed by atoms with Crippen molar-refractivity contribution >= 4 is 5.97 Å². The summed E-state index contributed by atoms with van der Waals surface area (Å²) < 4.78 is 28.1. The zero-order valence-electron chi connectivity index (χ0n) is 6.98. The minimum atomic E-state index is -2.63. The maximum atomic E-state index is 11.8. The first kappa shape index (κ1) is 10.4. The van der Waals surface area contributed by atoms with Crippen LogP contribution in [0.2, 0.25) is 0 Å². The molecule has 0 radical (unpaired) electrons. The van der Waals surface area contributed by atoms with Crippen molar-refractivity contribution in [1.29, 1.82) is 0 Å². The van der Waals surface area contributed by atoms with Crippen molar-refractivity contribution in [3.63, 3.8) is 0 Å². The first-order chi connectivity index (χ1) is 6.61. The van der Waals surface area contributed by atoms with Crippen molar-refractivity contribution < 1.29 is 23.4 Å². The molecule has 0 bridgehead atoms. The Morgan fingerprint density at radius 2 is 2.36 bits per heavy atom. The van der Waals surface area contributed by atoms with Gasteiger partial charge in [0.2, 0.25) is 0 Å². The Balaban J connectivity index is 2.79. The Morgan fingerprint density at radius 1 is 1.64 bits per heavy atom. The number of hydrogen-bond acceptors (Lipinski definition) is 3. The van der Waals surface area contributed by atoms with E-state index in [2.05, 4.69) is 9.72 Å². The number of rotatable bonds is 4. The third kappa shape index (κ3) is 2.65. The highest BCUT2D eigenvalue weighted by Gasteiger charge is 2.12. The highest BCUT2D eigenvalue weighted by molar-refractivity contribution is 5.90. The summed E-state index contributed by atoms with van der Waals surface area (Å²) in [5, 5.41) is 8.62. The van der Waals surface area contributed by atoms with Gasteiger partial charge in [0.25, 0.3) is 6.43 Å². The highest BCUT2D eigenvalue weighted by atomic mass is 19.3. The lowest BCUT2D eigenvalue weighted by molar-refractivity contribution is 0.0663. The molecular formula is C8H7F2NO3. The van der Waals surface area contributed by atoms with Gasteiger partial charge in [-0.1, -0.05) is 0 Å². The molecule has 1 N–H and O–H groups in total. The van der Waals surface area contributed by atoms with E-state index >= 15 is 0 Å². The summed E-state index contributed by atoms with van der Waals surface area (Å²) in [7, 11) is 0.